The molecule has 0 aliphatic heterocycles. The predicted molar refractivity (Wildman–Crippen MR) is 124 cm³/mol. The van der Waals surface area contributed by atoms with Crippen molar-refractivity contribution in [2.45, 2.75) is 26.3 Å². The Morgan fingerprint density at radius 1 is 1.06 bits per heavy atom. The lowest BCUT2D eigenvalue weighted by atomic mass is 10.1. The number of nitrogens with zero attached hydrogens (tertiary/aromatic N) is 2. The van der Waals surface area contributed by atoms with E-state index in [1.807, 2.05) is 30.3 Å². The third-order valence-electron chi connectivity index (χ3n) is 4.80. The molecule has 0 heterocycles. The van der Waals surface area contributed by atoms with Crippen molar-refractivity contribution in [1.82, 2.24) is 10.2 Å². The van der Waals surface area contributed by atoms with Crippen molar-refractivity contribution >= 4 is 39.1 Å². The van der Waals surface area contributed by atoms with Crippen LogP contribution in [0, 0.1) is 0 Å². The zero-order valence-corrected chi connectivity index (χ0v) is 19.5. The molecule has 0 unspecified atom stereocenters. The summed E-state index contributed by atoms with van der Waals surface area (Å²) >= 11 is 6.19. The van der Waals surface area contributed by atoms with Crippen molar-refractivity contribution in [3.63, 3.8) is 0 Å². The van der Waals surface area contributed by atoms with Crippen LogP contribution in [-0.4, -0.2) is 57.1 Å². The fourth-order valence-corrected chi connectivity index (χ4v) is 4.29. The Bertz CT molecular complexity index is 999. The molecule has 0 aliphatic carbocycles. The summed E-state index contributed by atoms with van der Waals surface area (Å²) < 4.78 is 25.9. The largest absolute Gasteiger partial charge is 0.355 e. The van der Waals surface area contributed by atoms with Gasteiger partial charge in [0.1, 0.15) is 12.6 Å². The number of anilines is 1. The van der Waals surface area contributed by atoms with Crippen LogP contribution in [0.4, 0.5) is 5.69 Å². The van der Waals surface area contributed by atoms with Crippen LogP contribution in [0.1, 0.15) is 19.4 Å². The highest BCUT2D eigenvalue weighted by atomic mass is 35.5. The fourth-order valence-electron chi connectivity index (χ4n) is 3.14. The molecule has 31 heavy (non-hydrogen) atoms. The maximum absolute atomic E-state index is 13.3. The van der Waals surface area contributed by atoms with Crippen molar-refractivity contribution in [1.29, 1.82) is 0 Å². The van der Waals surface area contributed by atoms with E-state index in [9.17, 15) is 18.0 Å². The van der Waals surface area contributed by atoms with Crippen molar-refractivity contribution < 1.29 is 18.0 Å². The van der Waals surface area contributed by atoms with Crippen molar-refractivity contribution in [3.8, 4) is 0 Å². The van der Waals surface area contributed by atoms with Crippen LogP contribution in [-0.2, 0) is 26.0 Å². The summed E-state index contributed by atoms with van der Waals surface area (Å²) in [4.78, 5) is 27.1. The number of amides is 2. The maximum atomic E-state index is 13.3. The van der Waals surface area contributed by atoms with E-state index in [1.165, 1.54) is 11.0 Å². The second kappa shape index (κ2) is 11.2. The van der Waals surface area contributed by atoms with Crippen LogP contribution < -0.4 is 9.62 Å². The molecule has 0 radical (unpaired) electrons. The van der Waals surface area contributed by atoms with E-state index in [0.29, 0.717) is 13.0 Å². The van der Waals surface area contributed by atoms with Gasteiger partial charge in [0.15, 0.2) is 0 Å². The van der Waals surface area contributed by atoms with Crippen molar-refractivity contribution in [3.05, 3.63) is 65.2 Å². The number of nitrogens with one attached hydrogen (secondary N) is 1. The first-order valence-corrected chi connectivity index (χ1v) is 12.2. The molecule has 7 nitrogen and oxygen atoms in total. The minimum Gasteiger partial charge on any atom is -0.355 e. The molecule has 0 aromatic heterocycles. The lowest BCUT2D eigenvalue weighted by molar-refractivity contribution is -0.138. The Kier molecular flexibility index (Phi) is 8.88. The van der Waals surface area contributed by atoms with E-state index in [4.69, 9.17) is 11.6 Å². The van der Waals surface area contributed by atoms with E-state index in [0.717, 1.165) is 16.1 Å². The predicted octanol–water partition coefficient (Wildman–Crippen LogP) is 2.70. The summed E-state index contributed by atoms with van der Waals surface area (Å²) in [7, 11) is -3.79. The molecule has 0 bridgehead atoms. The van der Waals surface area contributed by atoms with Gasteiger partial charge in [-0.3, -0.25) is 13.9 Å². The molecule has 1 atom stereocenters. The standard InChI is InChI=1S/C22H28ClN3O4S/c1-4-24-22(28)17(2)25(15-14-18-10-6-5-7-11-18)21(27)16-26(31(3,29)30)20-13-9-8-12-19(20)23/h5-13,17H,4,14-16H2,1-3H3,(H,24,28)/t17-/m1/s1. The summed E-state index contributed by atoms with van der Waals surface area (Å²) in [5.74, 6) is -0.785. The summed E-state index contributed by atoms with van der Waals surface area (Å²) in [6.07, 6.45) is 1.55. The number of carbonyl (C=O) groups is 2. The third kappa shape index (κ3) is 6.97. The smallest absolute Gasteiger partial charge is 0.244 e. The molecular weight excluding hydrogens is 438 g/mol. The molecule has 0 fully saturated rings. The third-order valence-corrected chi connectivity index (χ3v) is 6.25. The van der Waals surface area contributed by atoms with E-state index >= 15 is 0 Å². The second-order valence-electron chi connectivity index (χ2n) is 7.11. The maximum Gasteiger partial charge on any atom is 0.244 e. The van der Waals surface area contributed by atoms with Gasteiger partial charge in [0.05, 0.1) is 17.0 Å². The van der Waals surface area contributed by atoms with Gasteiger partial charge in [0.25, 0.3) is 0 Å². The summed E-state index contributed by atoms with van der Waals surface area (Å²) in [5, 5.41) is 2.93. The highest BCUT2D eigenvalue weighted by Gasteiger charge is 2.30. The van der Waals surface area contributed by atoms with Gasteiger partial charge in [-0.25, -0.2) is 8.42 Å². The number of rotatable bonds is 10. The Labute approximate surface area is 189 Å². The highest BCUT2D eigenvalue weighted by Crippen LogP contribution is 2.27. The molecular formula is C22H28ClN3O4S. The van der Waals surface area contributed by atoms with Crippen LogP contribution in [0.2, 0.25) is 5.02 Å². The molecule has 2 amide bonds. The molecule has 0 saturated carbocycles. The first kappa shape index (κ1) is 24.7. The van der Waals surface area contributed by atoms with Crippen molar-refractivity contribution in [2.75, 3.05) is 30.2 Å². The number of carbonyl (C=O) groups excluding carboxylic acids is 2. The number of benzene rings is 2. The quantitative estimate of drug-likeness (QED) is 0.584. The van der Waals surface area contributed by atoms with Crippen LogP contribution in [0.15, 0.2) is 54.6 Å². The van der Waals surface area contributed by atoms with Gasteiger partial charge in [-0.1, -0.05) is 54.1 Å². The molecule has 2 aromatic rings. The van der Waals surface area contributed by atoms with Crippen LogP contribution in [0.25, 0.3) is 0 Å². The van der Waals surface area contributed by atoms with E-state index in [1.54, 1.807) is 32.0 Å². The first-order chi connectivity index (χ1) is 14.6. The van der Waals surface area contributed by atoms with E-state index in [2.05, 4.69) is 5.32 Å². The Morgan fingerprint density at radius 3 is 2.26 bits per heavy atom. The van der Waals surface area contributed by atoms with Gasteiger partial charge in [-0.05, 0) is 38.0 Å². The number of sulfonamides is 1. The Balaban J connectivity index is 2.30. The second-order valence-corrected chi connectivity index (χ2v) is 9.43. The molecule has 1 N–H and O–H groups in total. The van der Waals surface area contributed by atoms with Gasteiger partial charge in [-0.15, -0.1) is 0 Å². The topological polar surface area (TPSA) is 86.8 Å². The lowest BCUT2D eigenvalue weighted by Gasteiger charge is -2.31. The van der Waals surface area contributed by atoms with Gasteiger partial charge in [0.2, 0.25) is 21.8 Å². The Hall–Kier alpha value is -2.58. The average molecular weight is 466 g/mol. The molecule has 2 aromatic carbocycles. The molecule has 168 valence electrons. The van der Waals surface area contributed by atoms with Crippen molar-refractivity contribution in [2.24, 2.45) is 0 Å². The van der Waals surface area contributed by atoms with Gasteiger partial charge >= 0.3 is 0 Å². The number of hydrogen-bond acceptors (Lipinski definition) is 4. The lowest BCUT2D eigenvalue weighted by Crippen LogP contribution is -2.52. The monoisotopic (exact) mass is 465 g/mol. The van der Waals surface area contributed by atoms with Gasteiger partial charge < -0.3 is 10.2 Å². The fraction of sp³-hybridized carbons (Fsp3) is 0.364. The van der Waals surface area contributed by atoms with E-state index in [-0.39, 0.29) is 23.2 Å². The number of likely N-dealkylation sites (N-methyl/N-ethyl adjacent to an activating group) is 1. The summed E-state index contributed by atoms with van der Waals surface area (Å²) in [5.41, 5.74) is 1.23. The Morgan fingerprint density at radius 2 is 1.68 bits per heavy atom. The SMILES string of the molecule is CCNC(=O)[C@@H](C)N(CCc1ccccc1)C(=O)CN(c1ccccc1Cl)S(C)(=O)=O. The summed E-state index contributed by atoms with van der Waals surface area (Å²) in [6.45, 7) is 3.67. The highest BCUT2D eigenvalue weighted by molar-refractivity contribution is 7.92. The zero-order valence-electron chi connectivity index (χ0n) is 17.9. The minimum absolute atomic E-state index is 0.216. The molecule has 0 saturated heterocycles. The number of hydrogen-bond donors (Lipinski definition) is 1. The average Bonchev–Trinajstić information content (AvgIpc) is 2.73. The first-order valence-electron chi connectivity index (χ1n) is 9.98. The van der Waals surface area contributed by atoms with Crippen LogP contribution in [0.3, 0.4) is 0 Å². The molecule has 9 heteroatoms. The number of para-hydroxylation sites is 1. The molecule has 0 spiro atoms. The zero-order chi connectivity index (χ0) is 23.0. The van der Waals surface area contributed by atoms with Crippen LogP contribution >= 0.6 is 11.6 Å². The minimum atomic E-state index is -3.79. The van der Waals surface area contributed by atoms with Gasteiger partial charge in [-0.2, -0.15) is 0 Å². The van der Waals surface area contributed by atoms with E-state index < -0.39 is 28.5 Å². The number of halogens is 1. The van der Waals surface area contributed by atoms with Gasteiger partial charge in [0, 0.05) is 13.1 Å². The summed E-state index contributed by atoms with van der Waals surface area (Å²) in [6, 6.07) is 15.2. The normalized spacial score (nSPS) is 12.1. The van der Waals surface area contributed by atoms with Crippen LogP contribution in [0.5, 0.6) is 0 Å². The molecule has 2 rings (SSSR count). The molecule has 0 aliphatic rings.